The van der Waals surface area contributed by atoms with Crippen molar-refractivity contribution in [2.75, 3.05) is 26.2 Å². The van der Waals surface area contributed by atoms with E-state index in [2.05, 4.69) is 0 Å². The summed E-state index contributed by atoms with van der Waals surface area (Å²) < 4.78 is 5.42. The normalized spacial score (nSPS) is 20.6. The van der Waals surface area contributed by atoms with Crippen molar-refractivity contribution in [3.05, 3.63) is 35.9 Å². The molecule has 2 aliphatic rings. The molecule has 0 bridgehead atoms. The minimum absolute atomic E-state index is 0.0292. The molecule has 1 aromatic carbocycles. The first-order chi connectivity index (χ1) is 12.0. The van der Waals surface area contributed by atoms with E-state index < -0.39 is 6.04 Å². The van der Waals surface area contributed by atoms with Crippen LogP contribution in [0.4, 0.5) is 4.79 Å². The van der Waals surface area contributed by atoms with Crippen molar-refractivity contribution >= 4 is 12.0 Å². The molecule has 0 unspecified atom stereocenters. The second-order valence-corrected chi connectivity index (χ2v) is 7.33. The van der Waals surface area contributed by atoms with Crippen molar-refractivity contribution in [2.45, 2.75) is 38.8 Å². The number of nitrogens with zero attached hydrogens (tertiary/aromatic N) is 2. The highest BCUT2D eigenvalue weighted by molar-refractivity contribution is 5.81. The summed E-state index contributed by atoms with van der Waals surface area (Å²) in [5.41, 5.74) is 6.85. The predicted molar refractivity (Wildman–Crippen MR) is 94.7 cm³/mol. The van der Waals surface area contributed by atoms with Gasteiger partial charge in [0.15, 0.2) is 0 Å². The molecule has 3 rings (SSSR count). The standard InChI is InChI=1S/C19H27N3O3/c1-15(20)17(23)22-12-9-19(14-22)7-10-21(11-8-19)18(24)25-13-16-5-3-2-4-6-16/h2-6,15H,7-14,20H2,1H3/t15-/m0/s1. The van der Waals surface area contributed by atoms with Gasteiger partial charge in [0.1, 0.15) is 6.61 Å². The number of rotatable bonds is 3. The van der Waals surface area contributed by atoms with Crippen molar-refractivity contribution in [1.29, 1.82) is 0 Å². The molecule has 1 spiro atoms. The van der Waals surface area contributed by atoms with Crippen molar-refractivity contribution in [3.63, 3.8) is 0 Å². The van der Waals surface area contributed by atoms with Gasteiger partial charge >= 0.3 is 6.09 Å². The Kier molecular flexibility index (Phi) is 5.27. The van der Waals surface area contributed by atoms with Crippen LogP contribution in [0, 0.1) is 5.41 Å². The van der Waals surface area contributed by atoms with Crippen LogP contribution in [0.15, 0.2) is 30.3 Å². The highest BCUT2D eigenvalue weighted by atomic mass is 16.6. The number of carbonyl (C=O) groups excluding carboxylic acids is 2. The number of carbonyl (C=O) groups is 2. The molecule has 1 aromatic rings. The van der Waals surface area contributed by atoms with Crippen molar-refractivity contribution < 1.29 is 14.3 Å². The Labute approximate surface area is 148 Å². The van der Waals surface area contributed by atoms with E-state index in [1.807, 2.05) is 35.2 Å². The summed E-state index contributed by atoms with van der Waals surface area (Å²) in [6.45, 7) is 4.96. The van der Waals surface area contributed by atoms with E-state index in [0.717, 1.165) is 37.9 Å². The molecule has 2 aliphatic heterocycles. The van der Waals surface area contributed by atoms with Gasteiger partial charge in [-0.3, -0.25) is 4.79 Å². The molecule has 2 N–H and O–H groups in total. The summed E-state index contributed by atoms with van der Waals surface area (Å²) in [7, 11) is 0. The summed E-state index contributed by atoms with van der Waals surface area (Å²) in [6.07, 6.45) is 2.57. The van der Waals surface area contributed by atoms with Gasteiger partial charge in [-0.1, -0.05) is 30.3 Å². The van der Waals surface area contributed by atoms with Crippen LogP contribution in [0.2, 0.25) is 0 Å². The average Bonchev–Trinajstić information content (AvgIpc) is 3.04. The van der Waals surface area contributed by atoms with E-state index in [-0.39, 0.29) is 17.4 Å². The first-order valence-corrected chi connectivity index (χ1v) is 8.99. The topological polar surface area (TPSA) is 75.9 Å². The molecule has 25 heavy (non-hydrogen) atoms. The lowest BCUT2D eigenvalue weighted by atomic mass is 9.78. The molecule has 1 atom stereocenters. The van der Waals surface area contributed by atoms with Crippen LogP contribution in [-0.2, 0) is 16.1 Å². The molecule has 2 fully saturated rings. The Morgan fingerprint density at radius 3 is 2.32 bits per heavy atom. The van der Waals surface area contributed by atoms with Gasteiger partial charge in [0.2, 0.25) is 5.91 Å². The lowest BCUT2D eigenvalue weighted by Crippen LogP contribution is -2.46. The second-order valence-electron chi connectivity index (χ2n) is 7.33. The van der Waals surface area contributed by atoms with Crippen LogP contribution in [0.3, 0.4) is 0 Å². The molecule has 2 heterocycles. The van der Waals surface area contributed by atoms with Crippen LogP contribution in [0.5, 0.6) is 0 Å². The van der Waals surface area contributed by atoms with Crippen molar-refractivity contribution in [3.8, 4) is 0 Å². The highest BCUT2D eigenvalue weighted by Gasteiger charge is 2.43. The first-order valence-electron chi connectivity index (χ1n) is 8.99. The third-order valence-corrected chi connectivity index (χ3v) is 5.43. The number of amides is 2. The summed E-state index contributed by atoms with van der Waals surface area (Å²) >= 11 is 0. The minimum Gasteiger partial charge on any atom is -0.445 e. The van der Waals surface area contributed by atoms with E-state index >= 15 is 0 Å². The first kappa shape index (κ1) is 17.7. The summed E-state index contributed by atoms with van der Waals surface area (Å²) in [5, 5.41) is 0. The van der Waals surface area contributed by atoms with Crippen LogP contribution in [-0.4, -0.2) is 54.0 Å². The van der Waals surface area contributed by atoms with Crippen LogP contribution >= 0.6 is 0 Å². The van der Waals surface area contributed by atoms with Gasteiger partial charge in [0, 0.05) is 26.2 Å². The lowest BCUT2D eigenvalue weighted by Gasteiger charge is -2.38. The van der Waals surface area contributed by atoms with Gasteiger partial charge in [-0.05, 0) is 37.2 Å². The fourth-order valence-electron chi connectivity index (χ4n) is 3.79. The van der Waals surface area contributed by atoms with E-state index in [1.165, 1.54) is 0 Å². The van der Waals surface area contributed by atoms with Crippen LogP contribution in [0.25, 0.3) is 0 Å². The fourth-order valence-corrected chi connectivity index (χ4v) is 3.79. The number of benzene rings is 1. The number of hydrogen-bond acceptors (Lipinski definition) is 4. The van der Waals surface area contributed by atoms with E-state index in [1.54, 1.807) is 11.8 Å². The molecule has 6 heteroatoms. The quantitative estimate of drug-likeness (QED) is 0.909. The smallest absolute Gasteiger partial charge is 0.410 e. The summed E-state index contributed by atoms with van der Waals surface area (Å²) in [6, 6.07) is 9.26. The second kappa shape index (κ2) is 7.44. The molecule has 0 radical (unpaired) electrons. The molecule has 2 amide bonds. The largest absolute Gasteiger partial charge is 0.445 e. The Balaban J connectivity index is 1.47. The Morgan fingerprint density at radius 1 is 1.12 bits per heavy atom. The van der Waals surface area contributed by atoms with E-state index in [9.17, 15) is 9.59 Å². The van der Waals surface area contributed by atoms with Gasteiger partial charge in [-0.25, -0.2) is 4.79 Å². The molecule has 6 nitrogen and oxygen atoms in total. The maximum atomic E-state index is 12.3. The van der Waals surface area contributed by atoms with Gasteiger partial charge in [0.25, 0.3) is 0 Å². The maximum Gasteiger partial charge on any atom is 0.410 e. The molecule has 0 aromatic heterocycles. The average molecular weight is 345 g/mol. The summed E-state index contributed by atoms with van der Waals surface area (Å²) in [4.78, 5) is 28.0. The highest BCUT2D eigenvalue weighted by Crippen LogP contribution is 2.40. The number of piperidine rings is 1. The zero-order chi connectivity index (χ0) is 17.9. The molecular weight excluding hydrogens is 318 g/mol. The zero-order valence-corrected chi connectivity index (χ0v) is 14.8. The Morgan fingerprint density at radius 2 is 1.72 bits per heavy atom. The molecule has 136 valence electrons. The zero-order valence-electron chi connectivity index (χ0n) is 14.8. The van der Waals surface area contributed by atoms with Crippen molar-refractivity contribution in [1.82, 2.24) is 9.80 Å². The number of hydrogen-bond donors (Lipinski definition) is 1. The third kappa shape index (κ3) is 4.12. The minimum atomic E-state index is -0.441. The third-order valence-electron chi connectivity index (χ3n) is 5.43. The predicted octanol–water partition coefficient (Wildman–Crippen LogP) is 1.98. The Bertz CT molecular complexity index is 610. The number of nitrogens with two attached hydrogens (primary N) is 1. The van der Waals surface area contributed by atoms with Gasteiger partial charge in [0.05, 0.1) is 6.04 Å². The SMILES string of the molecule is C[C@H](N)C(=O)N1CCC2(CCN(C(=O)OCc3ccccc3)CC2)C1. The fraction of sp³-hybridized carbons (Fsp3) is 0.579. The summed E-state index contributed by atoms with van der Waals surface area (Å²) in [5.74, 6) is 0.0292. The van der Waals surface area contributed by atoms with Gasteiger partial charge in [-0.2, -0.15) is 0 Å². The Hall–Kier alpha value is -2.08. The molecule has 0 aliphatic carbocycles. The monoisotopic (exact) mass is 345 g/mol. The molecule has 0 saturated carbocycles. The van der Waals surface area contributed by atoms with Gasteiger partial charge < -0.3 is 20.3 Å². The van der Waals surface area contributed by atoms with Crippen molar-refractivity contribution in [2.24, 2.45) is 11.1 Å². The van der Waals surface area contributed by atoms with Gasteiger partial charge in [-0.15, -0.1) is 0 Å². The lowest BCUT2D eigenvalue weighted by molar-refractivity contribution is -0.131. The van der Waals surface area contributed by atoms with Crippen LogP contribution in [0.1, 0.15) is 31.7 Å². The maximum absolute atomic E-state index is 12.3. The molecule has 2 saturated heterocycles. The number of likely N-dealkylation sites (tertiary alicyclic amines) is 2. The van der Waals surface area contributed by atoms with E-state index in [0.29, 0.717) is 19.7 Å². The van der Waals surface area contributed by atoms with E-state index in [4.69, 9.17) is 10.5 Å². The van der Waals surface area contributed by atoms with Crippen LogP contribution < -0.4 is 5.73 Å². The number of ether oxygens (including phenoxy) is 1. The molecular formula is C19H27N3O3.